The summed E-state index contributed by atoms with van der Waals surface area (Å²) in [6.45, 7) is 15.3. The predicted molar refractivity (Wildman–Crippen MR) is 186 cm³/mol. The Bertz CT molecular complexity index is 1720. The number of ether oxygens (including phenoxy) is 2. The van der Waals surface area contributed by atoms with Gasteiger partial charge in [-0.25, -0.2) is 4.98 Å². The smallest absolute Gasteiger partial charge is 0.257 e. The van der Waals surface area contributed by atoms with Crippen molar-refractivity contribution in [2.24, 2.45) is 5.92 Å². The molecule has 2 bridgehead atoms. The lowest BCUT2D eigenvalue weighted by molar-refractivity contribution is 0.0714. The Morgan fingerprint density at radius 3 is 2.60 bits per heavy atom. The minimum absolute atomic E-state index is 0.107. The molecule has 1 fully saturated rings. The summed E-state index contributed by atoms with van der Waals surface area (Å²) in [6.07, 6.45) is 1.85. The summed E-state index contributed by atoms with van der Waals surface area (Å²) in [5, 5.41) is 5.10. The summed E-state index contributed by atoms with van der Waals surface area (Å²) in [7, 11) is 3.94. The number of carbonyl (C=O) groups excluding carboxylic acids is 1. The Hall–Kier alpha value is -4.73. The van der Waals surface area contributed by atoms with Crippen LogP contribution in [0.15, 0.2) is 73.1 Å². The van der Waals surface area contributed by atoms with Crippen molar-refractivity contribution in [2.75, 3.05) is 63.2 Å². The SMILES string of the molecule is C=C(OCc1ccccc1)N1CCOc2ccc(C)cc2C(=O)N(C)C(CC)c2cc3nc(N4CC[C@H](C)C4)cc(n3n2)N(C)CC1. The summed E-state index contributed by atoms with van der Waals surface area (Å²) in [5.74, 6) is 3.55. The molecule has 248 valence electrons. The minimum atomic E-state index is -0.237. The summed E-state index contributed by atoms with van der Waals surface area (Å²) >= 11 is 0. The molecular weight excluding hydrogens is 590 g/mol. The molecule has 0 N–H and O–H groups in total. The minimum Gasteiger partial charge on any atom is -0.491 e. The monoisotopic (exact) mass is 637 g/mol. The molecule has 10 heteroatoms. The molecule has 4 heterocycles. The normalized spacial score (nSPS) is 19.3. The molecule has 1 saturated heterocycles. The number of amides is 1. The third-order valence-corrected chi connectivity index (χ3v) is 9.36. The number of carbonyl (C=O) groups is 1. The lowest BCUT2D eigenvalue weighted by Crippen LogP contribution is -2.37. The van der Waals surface area contributed by atoms with Crippen LogP contribution >= 0.6 is 0 Å². The fourth-order valence-corrected chi connectivity index (χ4v) is 6.50. The van der Waals surface area contributed by atoms with E-state index in [1.165, 1.54) is 0 Å². The molecule has 2 atom stereocenters. The fourth-order valence-electron chi connectivity index (χ4n) is 6.50. The maximum absolute atomic E-state index is 14.1. The molecule has 2 aromatic carbocycles. The van der Waals surface area contributed by atoms with E-state index in [1.807, 2.05) is 73.1 Å². The summed E-state index contributed by atoms with van der Waals surface area (Å²) in [5.41, 5.74) is 4.19. The molecule has 0 radical (unpaired) electrons. The largest absolute Gasteiger partial charge is 0.491 e. The van der Waals surface area contributed by atoms with Crippen molar-refractivity contribution in [1.29, 1.82) is 0 Å². The highest BCUT2D eigenvalue weighted by molar-refractivity contribution is 5.97. The number of likely N-dealkylation sites (N-methyl/N-ethyl adjacent to an activating group) is 1. The number of hydrogen-bond acceptors (Lipinski definition) is 8. The van der Waals surface area contributed by atoms with Crippen molar-refractivity contribution >= 4 is 23.2 Å². The average Bonchev–Trinajstić information content (AvgIpc) is 3.71. The summed E-state index contributed by atoms with van der Waals surface area (Å²) in [6, 6.07) is 19.8. The zero-order valence-electron chi connectivity index (χ0n) is 28.4. The maximum Gasteiger partial charge on any atom is 0.257 e. The average molecular weight is 638 g/mol. The Labute approximate surface area is 278 Å². The van der Waals surface area contributed by atoms with Crippen LogP contribution in [0, 0.1) is 12.8 Å². The molecule has 47 heavy (non-hydrogen) atoms. The lowest BCUT2D eigenvalue weighted by atomic mass is 10.1. The Balaban J connectivity index is 1.39. The molecular formula is C37H47N7O3. The van der Waals surface area contributed by atoms with Gasteiger partial charge in [-0.05, 0) is 50.0 Å². The second-order valence-electron chi connectivity index (χ2n) is 12.9. The van der Waals surface area contributed by atoms with E-state index in [-0.39, 0.29) is 11.9 Å². The van der Waals surface area contributed by atoms with Gasteiger partial charge >= 0.3 is 0 Å². The third kappa shape index (κ3) is 7.01. The van der Waals surface area contributed by atoms with E-state index in [1.54, 1.807) is 4.90 Å². The molecule has 1 unspecified atom stereocenters. The van der Waals surface area contributed by atoms with Crippen LogP contribution in [0.4, 0.5) is 11.6 Å². The van der Waals surface area contributed by atoms with Gasteiger partial charge in [0.2, 0.25) is 0 Å². The molecule has 2 aliphatic rings. The number of rotatable bonds is 6. The van der Waals surface area contributed by atoms with Gasteiger partial charge in [-0.2, -0.15) is 9.61 Å². The van der Waals surface area contributed by atoms with E-state index in [0.29, 0.717) is 62.4 Å². The second-order valence-corrected chi connectivity index (χ2v) is 12.9. The van der Waals surface area contributed by atoms with Crippen LogP contribution in [0.1, 0.15) is 59.9 Å². The van der Waals surface area contributed by atoms with E-state index in [9.17, 15) is 4.79 Å². The Kier molecular flexibility index (Phi) is 9.56. The number of fused-ring (bicyclic) bond motifs is 2. The summed E-state index contributed by atoms with van der Waals surface area (Å²) in [4.78, 5) is 27.7. The van der Waals surface area contributed by atoms with Crippen molar-refractivity contribution in [1.82, 2.24) is 24.4 Å². The van der Waals surface area contributed by atoms with Gasteiger partial charge in [-0.1, -0.05) is 55.8 Å². The van der Waals surface area contributed by atoms with E-state index >= 15 is 0 Å². The number of anilines is 2. The fraction of sp³-hybridized carbons (Fsp3) is 0.432. The van der Waals surface area contributed by atoms with Gasteiger partial charge in [0.25, 0.3) is 5.91 Å². The van der Waals surface area contributed by atoms with Crippen LogP contribution in [0.3, 0.4) is 0 Å². The first-order chi connectivity index (χ1) is 22.7. The van der Waals surface area contributed by atoms with Crippen LogP contribution in [0.25, 0.3) is 5.65 Å². The van der Waals surface area contributed by atoms with Crippen LogP contribution in [-0.4, -0.2) is 83.7 Å². The zero-order valence-corrected chi connectivity index (χ0v) is 28.4. The molecule has 2 aromatic heterocycles. The van der Waals surface area contributed by atoms with E-state index in [4.69, 9.17) is 19.6 Å². The first-order valence-electron chi connectivity index (χ1n) is 16.7. The van der Waals surface area contributed by atoms with Crippen molar-refractivity contribution in [3.05, 3.63) is 95.5 Å². The van der Waals surface area contributed by atoms with Gasteiger partial charge in [0.05, 0.1) is 23.8 Å². The zero-order chi connectivity index (χ0) is 33.1. The number of benzene rings is 2. The van der Waals surface area contributed by atoms with Crippen molar-refractivity contribution < 1.29 is 14.3 Å². The first-order valence-corrected chi connectivity index (χ1v) is 16.7. The number of hydrogen-bond donors (Lipinski definition) is 0. The van der Waals surface area contributed by atoms with Gasteiger partial charge < -0.3 is 29.1 Å². The van der Waals surface area contributed by atoms with Crippen LogP contribution in [0.5, 0.6) is 5.75 Å². The molecule has 10 nitrogen and oxygen atoms in total. The molecule has 0 spiro atoms. The van der Waals surface area contributed by atoms with Crippen LogP contribution in [0.2, 0.25) is 0 Å². The maximum atomic E-state index is 14.1. The van der Waals surface area contributed by atoms with Gasteiger partial charge in [-0.15, -0.1) is 0 Å². The second kappa shape index (κ2) is 13.9. The third-order valence-electron chi connectivity index (χ3n) is 9.36. The Morgan fingerprint density at radius 2 is 1.85 bits per heavy atom. The highest BCUT2D eigenvalue weighted by Crippen LogP contribution is 2.32. The molecule has 1 amide bonds. The van der Waals surface area contributed by atoms with Crippen LogP contribution < -0.4 is 14.5 Å². The molecule has 0 saturated carbocycles. The van der Waals surface area contributed by atoms with Crippen molar-refractivity contribution in [2.45, 2.75) is 46.3 Å². The van der Waals surface area contributed by atoms with Gasteiger partial charge in [0, 0.05) is 52.4 Å². The molecule has 6 rings (SSSR count). The number of aromatic nitrogens is 3. The molecule has 2 aliphatic heterocycles. The topological polar surface area (TPSA) is 78.7 Å². The van der Waals surface area contributed by atoms with Gasteiger partial charge in [0.15, 0.2) is 11.5 Å². The number of aryl methyl sites for hydroxylation is 1. The van der Waals surface area contributed by atoms with Gasteiger partial charge in [-0.3, -0.25) is 4.79 Å². The van der Waals surface area contributed by atoms with E-state index < -0.39 is 0 Å². The quantitative estimate of drug-likeness (QED) is 0.241. The first kappa shape index (κ1) is 32.2. The molecule has 0 aliphatic carbocycles. The van der Waals surface area contributed by atoms with E-state index in [0.717, 1.165) is 53.6 Å². The van der Waals surface area contributed by atoms with E-state index in [2.05, 4.69) is 48.2 Å². The lowest BCUT2D eigenvalue weighted by Gasteiger charge is -2.30. The highest BCUT2D eigenvalue weighted by Gasteiger charge is 2.28. The predicted octanol–water partition coefficient (Wildman–Crippen LogP) is 5.93. The standard InChI is InChI=1S/C37H47N7O3/c1-7-32-31-22-35-38-34(43-16-15-27(3)24-43)23-36(44(35)39-31)40(5)17-18-42(28(4)47-25-29-11-9-8-10-12-29)19-20-46-33-14-13-26(2)21-30(33)37(45)41(32)6/h8-14,21-23,27,32H,4,7,15-20,24-25H2,1-3,5-6H3/t27-,32?/m0/s1. The molecule has 4 aromatic rings. The number of nitrogens with zero attached hydrogens (tertiary/aromatic N) is 7. The van der Waals surface area contributed by atoms with Crippen molar-refractivity contribution in [3.8, 4) is 5.75 Å². The summed E-state index contributed by atoms with van der Waals surface area (Å²) < 4.78 is 14.4. The van der Waals surface area contributed by atoms with Gasteiger partial charge in [0.1, 0.15) is 30.6 Å². The Morgan fingerprint density at radius 1 is 1.04 bits per heavy atom. The van der Waals surface area contributed by atoms with Crippen LogP contribution in [-0.2, 0) is 11.3 Å². The van der Waals surface area contributed by atoms with Crippen molar-refractivity contribution in [3.63, 3.8) is 0 Å². The highest BCUT2D eigenvalue weighted by atomic mass is 16.5.